The molecular weight excluding hydrogens is 404 g/mol. The van der Waals surface area contributed by atoms with Gasteiger partial charge in [0.25, 0.3) is 0 Å². The minimum Gasteiger partial charge on any atom is -0.457 e. The lowest BCUT2D eigenvalue weighted by Crippen LogP contribution is -2.14. The highest BCUT2D eigenvalue weighted by Gasteiger charge is 2.14. The Morgan fingerprint density at radius 1 is 1.32 bits per heavy atom. The molecule has 0 amide bonds. The summed E-state index contributed by atoms with van der Waals surface area (Å²) < 4.78 is 6.14. The predicted octanol–water partition coefficient (Wildman–Crippen LogP) is 5.38. The molecule has 0 aliphatic heterocycles. The van der Waals surface area contributed by atoms with Crippen LogP contribution >= 0.6 is 27.5 Å². The number of benzene rings is 2. The van der Waals surface area contributed by atoms with Crippen LogP contribution in [0.3, 0.4) is 0 Å². The maximum atomic E-state index is 12.4. The van der Waals surface area contributed by atoms with E-state index in [1.54, 1.807) is 24.5 Å². The molecule has 25 heavy (non-hydrogen) atoms. The third kappa shape index (κ3) is 5.58. The second kappa shape index (κ2) is 9.02. The van der Waals surface area contributed by atoms with Crippen LogP contribution in [0.4, 0.5) is 5.69 Å². The summed E-state index contributed by atoms with van der Waals surface area (Å²) in [5.41, 5.74) is 2.99. The van der Waals surface area contributed by atoms with Gasteiger partial charge >= 0.3 is 5.97 Å². The number of aliphatic imine (C=N–C) groups is 1. The van der Waals surface area contributed by atoms with Gasteiger partial charge < -0.3 is 9.64 Å². The van der Waals surface area contributed by atoms with Crippen molar-refractivity contribution in [1.82, 2.24) is 4.90 Å². The van der Waals surface area contributed by atoms with E-state index in [1.165, 1.54) is 0 Å². The number of aryl methyl sites for hydroxylation is 1. The topological polar surface area (TPSA) is 41.9 Å². The molecule has 0 saturated carbocycles. The Labute approximate surface area is 161 Å². The largest absolute Gasteiger partial charge is 0.457 e. The van der Waals surface area contributed by atoms with Gasteiger partial charge in [-0.2, -0.15) is 0 Å². The smallest absolute Gasteiger partial charge is 0.338 e. The number of rotatable bonds is 6. The van der Waals surface area contributed by atoms with Crippen molar-refractivity contribution in [2.45, 2.75) is 20.5 Å². The van der Waals surface area contributed by atoms with E-state index in [9.17, 15) is 4.79 Å². The zero-order valence-corrected chi connectivity index (χ0v) is 16.8. The number of carbonyl (C=O) groups is 1. The number of hydrogen-bond donors (Lipinski definition) is 0. The molecule has 0 atom stereocenters. The van der Waals surface area contributed by atoms with E-state index in [4.69, 9.17) is 16.3 Å². The Morgan fingerprint density at radius 2 is 2.00 bits per heavy atom. The third-order valence-electron chi connectivity index (χ3n) is 3.69. The van der Waals surface area contributed by atoms with E-state index >= 15 is 0 Å². The Hall–Kier alpha value is -1.85. The molecule has 2 aromatic carbocycles. The average molecular weight is 424 g/mol. The third-order valence-corrected chi connectivity index (χ3v) is 4.58. The summed E-state index contributed by atoms with van der Waals surface area (Å²) in [6.45, 7) is 4.99. The normalized spacial score (nSPS) is 10.9. The summed E-state index contributed by atoms with van der Waals surface area (Å²) in [7, 11) is 1.95. The van der Waals surface area contributed by atoms with Crippen LogP contribution in [0.2, 0.25) is 5.02 Å². The Morgan fingerprint density at radius 3 is 2.64 bits per heavy atom. The molecular formula is C19H20BrClN2O2. The van der Waals surface area contributed by atoms with Crippen LogP contribution in [0.5, 0.6) is 0 Å². The van der Waals surface area contributed by atoms with E-state index in [1.807, 2.05) is 44.0 Å². The average Bonchev–Trinajstić information content (AvgIpc) is 2.61. The van der Waals surface area contributed by atoms with Crippen molar-refractivity contribution in [3.8, 4) is 0 Å². The van der Waals surface area contributed by atoms with Gasteiger partial charge in [-0.3, -0.25) is 0 Å². The monoisotopic (exact) mass is 422 g/mol. The van der Waals surface area contributed by atoms with Crippen molar-refractivity contribution in [1.29, 1.82) is 0 Å². The minimum absolute atomic E-state index is 0.203. The van der Waals surface area contributed by atoms with Crippen LogP contribution in [-0.2, 0) is 11.3 Å². The molecule has 0 N–H and O–H groups in total. The number of hydrogen-bond acceptors (Lipinski definition) is 3. The highest BCUT2D eigenvalue weighted by molar-refractivity contribution is 9.10. The van der Waals surface area contributed by atoms with Crippen molar-refractivity contribution in [2.24, 2.45) is 4.99 Å². The first-order valence-electron chi connectivity index (χ1n) is 7.87. The summed E-state index contributed by atoms with van der Waals surface area (Å²) in [6, 6.07) is 10.8. The molecule has 0 unspecified atom stereocenters. The van der Waals surface area contributed by atoms with Crippen LogP contribution < -0.4 is 0 Å². The Bertz CT molecular complexity index is 776. The number of nitrogens with zero attached hydrogens (tertiary/aromatic N) is 2. The van der Waals surface area contributed by atoms with Crippen molar-refractivity contribution in [3.05, 3.63) is 62.6 Å². The number of esters is 1. The maximum Gasteiger partial charge on any atom is 0.338 e. The summed E-state index contributed by atoms with van der Waals surface area (Å²) in [4.78, 5) is 18.8. The molecule has 0 heterocycles. The predicted molar refractivity (Wildman–Crippen MR) is 106 cm³/mol. The summed E-state index contributed by atoms with van der Waals surface area (Å²) in [6.07, 6.45) is 1.76. The van der Waals surface area contributed by atoms with Crippen molar-refractivity contribution in [3.63, 3.8) is 0 Å². The van der Waals surface area contributed by atoms with Gasteiger partial charge in [-0.1, -0.05) is 23.7 Å². The van der Waals surface area contributed by atoms with Gasteiger partial charge in [0.1, 0.15) is 6.61 Å². The second-order valence-corrected chi connectivity index (χ2v) is 6.93. The molecule has 0 fully saturated rings. The number of halogens is 2. The van der Waals surface area contributed by atoms with E-state index in [2.05, 4.69) is 20.9 Å². The van der Waals surface area contributed by atoms with E-state index in [0.29, 0.717) is 10.6 Å². The first kappa shape index (κ1) is 19.5. The van der Waals surface area contributed by atoms with Gasteiger partial charge in [-0.05, 0) is 65.2 Å². The number of carbonyl (C=O) groups excluding carboxylic acids is 1. The first-order chi connectivity index (χ1) is 11.9. The zero-order valence-electron chi connectivity index (χ0n) is 14.4. The van der Waals surface area contributed by atoms with Gasteiger partial charge in [-0.15, -0.1) is 0 Å². The number of ether oxygens (including phenoxy) is 1. The second-order valence-electron chi connectivity index (χ2n) is 5.64. The quantitative estimate of drug-likeness (QED) is 0.356. The SMILES string of the molecule is CCN(C)C=Nc1cc(C)c(C(=O)OCc2ccc(Cl)cc2)cc1Br. The van der Waals surface area contributed by atoms with Crippen LogP contribution in [0.25, 0.3) is 0 Å². The summed E-state index contributed by atoms with van der Waals surface area (Å²) in [5.74, 6) is -0.366. The highest BCUT2D eigenvalue weighted by Crippen LogP contribution is 2.29. The van der Waals surface area contributed by atoms with Crippen LogP contribution in [-0.4, -0.2) is 30.8 Å². The van der Waals surface area contributed by atoms with Crippen LogP contribution in [0.15, 0.2) is 45.9 Å². The minimum atomic E-state index is -0.366. The van der Waals surface area contributed by atoms with Gasteiger partial charge in [0, 0.05) is 23.1 Å². The van der Waals surface area contributed by atoms with E-state index < -0.39 is 0 Å². The molecule has 0 aliphatic carbocycles. The Balaban J connectivity index is 2.10. The Kier molecular flexibility index (Phi) is 7.02. The maximum absolute atomic E-state index is 12.4. The van der Waals surface area contributed by atoms with Crippen LogP contribution in [0, 0.1) is 6.92 Å². The van der Waals surface area contributed by atoms with Gasteiger partial charge in [0.2, 0.25) is 0 Å². The van der Waals surface area contributed by atoms with Crippen molar-refractivity contribution >= 4 is 45.5 Å². The first-order valence-corrected chi connectivity index (χ1v) is 9.04. The zero-order chi connectivity index (χ0) is 18.4. The standard InChI is InChI=1S/C19H20BrClN2O2/c1-4-23(3)12-22-18-9-13(2)16(10-17(18)20)19(24)25-11-14-5-7-15(21)8-6-14/h5-10,12H,4,11H2,1-3H3. The van der Waals surface area contributed by atoms with Gasteiger partial charge in [-0.25, -0.2) is 9.79 Å². The molecule has 0 bridgehead atoms. The molecule has 2 aromatic rings. The van der Waals surface area contributed by atoms with E-state index in [0.717, 1.165) is 27.8 Å². The molecule has 0 aromatic heterocycles. The molecule has 0 aliphatic rings. The molecule has 4 nitrogen and oxygen atoms in total. The summed E-state index contributed by atoms with van der Waals surface area (Å²) in [5, 5.41) is 0.653. The molecule has 0 saturated heterocycles. The highest BCUT2D eigenvalue weighted by atomic mass is 79.9. The molecule has 132 valence electrons. The van der Waals surface area contributed by atoms with Crippen molar-refractivity contribution in [2.75, 3.05) is 13.6 Å². The van der Waals surface area contributed by atoms with Crippen molar-refractivity contribution < 1.29 is 9.53 Å². The molecule has 2 rings (SSSR count). The van der Waals surface area contributed by atoms with Gasteiger partial charge in [0.05, 0.1) is 17.6 Å². The molecule has 0 spiro atoms. The van der Waals surface area contributed by atoms with Gasteiger partial charge in [0.15, 0.2) is 0 Å². The lowest BCUT2D eigenvalue weighted by atomic mass is 10.1. The fraction of sp³-hybridized carbons (Fsp3) is 0.263. The summed E-state index contributed by atoms with van der Waals surface area (Å²) >= 11 is 9.32. The fourth-order valence-electron chi connectivity index (χ4n) is 2.03. The van der Waals surface area contributed by atoms with Crippen LogP contribution in [0.1, 0.15) is 28.4 Å². The van der Waals surface area contributed by atoms with E-state index in [-0.39, 0.29) is 12.6 Å². The molecule has 6 heteroatoms. The lowest BCUT2D eigenvalue weighted by Gasteiger charge is -2.11. The molecule has 0 radical (unpaired) electrons. The lowest BCUT2D eigenvalue weighted by molar-refractivity contribution is 0.0472. The fourth-order valence-corrected chi connectivity index (χ4v) is 2.61.